The van der Waals surface area contributed by atoms with Gasteiger partial charge in [-0.25, -0.2) is 4.98 Å². The summed E-state index contributed by atoms with van der Waals surface area (Å²) in [6, 6.07) is 16.5. The zero-order valence-corrected chi connectivity index (χ0v) is 19.8. The molecule has 7 nitrogen and oxygen atoms in total. The molecule has 1 fully saturated rings. The van der Waals surface area contributed by atoms with Gasteiger partial charge in [0.15, 0.2) is 5.65 Å². The molecule has 0 radical (unpaired) electrons. The number of carbonyl (C=O) groups excluding carboxylic acids is 1. The third-order valence-corrected chi connectivity index (χ3v) is 6.70. The van der Waals surface area contributed by atoms with Crippen LogP contribution in [0.5, 0.6) is 0 Å². The molecule has 9 heteroatoms. The summed E-state index contributed by atoms with van der Waals surface area (Å²) in [4.78, 5) is 19.4. The Hall–Kier alpha value is -3.13. The summed E-state index contributed by atoms with van der Waals surface area (Å²) < 4.78 is 1.73. The fourth-order valence-electron chi connectivity index (χ4n) is 4.28. The molecule has 0 spiro atoms. The summed E-state index contributed by atoms with van der Waals surface area (Å²) in [7, 11) is 0. The fourth-order valence-corrected chi connectivity index (χ4v) is 4.76. The summed E-state index contributed by atoms with van der Waals surface area (Å²) in [6.07, 6.45) is 3.45. The standard InChI is InChI=1S/C25H23Cl2N5O2/c26-19-8-7-18(21(27)12-19)14-28-24-13-22(30-23-9-10-29-32(23)24)16-3-5-17(6-4-16)25(34)31-11-1-2-20(31)15-33/h3-10,12-13,20,28,33H,1-2,11,14-15H2/t20-/m0/s1. The monoisotopic (exact) mass is 495 g/mol. The van der Waals surface area contributed by atoms with Crippen LogP contribution in [0.4, 0.5) is 5.82 Å². The Kier molecular flexibility index (Phi) is 6.41. The van der Waals surface area contributed by atoms with E-state index < -0.39 is 0 Å². The van der Waals surface area contributed by atoms with E-state index in [0.29, 0.717) is 34.3 Å². The smallest absolute Gasteiger partial charge is 0.254 e. The molecule has 174 valence electrons. The van der Waals surface area contributed by atoms with Crippen molar-refractivity contribution in [1.29, 1.82) is 0 Å². The first-order valence-corrected chi connectivity index (χ1v) is 11.8. The number of aliphatic hydroxyl groups excluding tert-OH is 1. The number of benzene rings is 2. The summed E-state index contributed by atoms with van der Waals surface area (Å²) >= 11 is 12.3. The Bertz CT molecular complexity index is 1340. The highest BCUT2D eigenvalue weighted by Gasteiger charge is 2.28. The van der Waals surface area contributed by atoms with Crippen LogP contribution < -0.4 is 5.32 Å². The summed E-state index contributed by atoms with van der Waals surface area (Å²) in [6.45, 7) is 1.16. The van der Waals surface area contributed by atoms with E-state index in [1.54, 1.807) is 27.7 Å². The number of aromatic nitrogens is 3. The predicted molar refractivity (Wildman–Crippen MR) is 133 cm³/mol. The minimum Gasteiger partial charge on any atom is -0.394 e. The molecule has 1 aliphatic rings. The van der Waals surface area contributed by atoms with Gasteiger partial charge in [0.25, 0.3) is 5.91 Å². The van der Waals surface area contributed by atoms with Crippen LogP contribution in [0.25, 0.3) is 16.9 Å². The molecule has 1 aliphatic heterocycles. The van der Waals surface area contributed by atoms with Crippen molar-refractivity contribution in [3.05, 3.63) is 82.0 Å². The number of amides is 1. The van der Waals surface area contributed by atoms with Gasteiger partial charge in [-0.1, -0.05) is 41.4 Å². The summed E-state index contributed by atoms with van der Waals surface area (Å²) in [5, 5.41) is 18.5. The van der Waals surface area contributed by atoms with Crippen LogP contribution in [0.1, 0.15) is 28.8 Å². The van der Waals surface area contributed by atoms with Gasteiger partial charge in [0.2, 0.25) is 0 Å². The van der Waals surface area contributed by atoms with Gasteiger partial charge >= 0.3 is 0 Å². The van der Waals surface area contributed by atoms with Gasteiger partial charge in [-0.15, -0.1) is 0 Å². The normalized spacial score (nSPS) is 15.7. The first kappa shape index (κ1) is 22.7. The molecule has 1 amide bonds. The Morgan fingerprint density at radius 2 is 1.94 bits per heavy atom. The molecule has 0 unspecified atom stereocenters. The van der Waals surface area contributed by atoms with E-state index in [4.69, 9.17) is 28.2 Å². The second kappa shape index (κ2) is 9.62. The second-order valence-electron chi connectivity index (χ2n) is 8.27. The lowest BCUT2D eigenvalue weighted by Gasteiger charge is -2.23. The molecule has 5 rings (SSSR count). The highest BCUT2D eigenvalue weighted by atomic mass is 35.5. The molecule has 0 saturated carbocycles. The highest BCUT2D eigenvalue weighted by Crippen LogP contribution is 2.26. The van der Waals surface area contributed by atoms with E-state index in [1.807, 2.05) is 42.5 Å². The lowest BCUT2D eigenvalue weighted by Crippen LogP contribution is -2.37. The van der Waals surface area contributed by atoms with Crippen molar-refractivity contribution in [3.63, 3.8) is 0 Å². The minimum atomic E-state index is -0.0964. The molecule has 0 bridgehead atoms. The molecule has 34 heavy (non-hydrogen) atoms. The quantitative estimate of drug-likeness (QED) is 0.396. The predicted octanol–water partition coefficient (Wildman–Crippen LogP) is 4.91. The second-order valence-corrected chi connectivity index (χ2v) is 9.12. The van der Waals surface area contributed by atoms with Gasteiger partial charge in [-0.05, 0) is 42.7 Å². The third-order valence-electron chi connectivity index (χ3n) is 6.11. The van der Waals surface area contributed by atoms with Crippen molar-refractivity contribution >= 4 is 40.6 Å². The highest BCUT2D eigenvalue weighted by molar-refractivity contribution is 6.35. The number of aliphatic hydroxyl groups is 1. The van der Waals surface area contributed by atoms with Crippen LogP contribution in [-0.2, 0) is 6.54 Å². The van der Waals surface area contributed by atoms with Crippen LogP contribution in [-0.4, -0.2) is 49.7 Å². The molecule has 3 heterocycles. The van der Waals surface area contributed by atoms with E-state index in [2.05, 4.69) is 10.4 Å². The molecule has 2 N–H and O–H groups in total. The minimum absolute atomic E-state index is 0.00385. The van der Waals surface area contributed by atoms with Gasteiger partial charge in [0.05, 0.1) is 24.5 Å². The molecule has 1 saturated heterocycles. The van der Waals surface area contributed by atoms with Crippen molar-refractivity contribution < 1.29 is 9.90 Å². The van der Waals surface area contributed by atoms with E-state index in [0.717, 1.165) is 35.5 Å². The molecule has 2 aromatic heterocycles. The number of nitrogens with zero attached hydrogens (tertiary/aromatic N) is 4. The molecule has 4 aromatic rings. The zero-order valence-electron chi connectivity index (χ0n) is 18.3. The SMILES string of the molecule is O=C(c1ccc(-c2cc(NCc3ccc(Cl)cc3Cl)n3nccc3n2)cc1)N1CCC[C@H]1CO. The van der Waals surface area contributed by atoms with Gasteiger partial charge in [-0.3, -0.25) is 4.79 Å². The molecule has 1 atom stereocenters. The molecule has 0 aliphatic carbocycles. The average molecular weight is 496 g/mol. The van der Waals surface area contributed by atoms with Crippen LogP contribution in [0.15, 0.2) is 60.8 Å². The van der Waals surface area contributed by atoms with Crippen LogP contribution in [0, 0.1) is 0 Å². The number of carbonyl (C=O) groups is 1. The Morgan fingerprint density at radius 1 is 1.12 bits per heavy atom. The molecular weight excluding hydrogens is 473 g/mol. The maximum absolute atomic E-state index is 12.9. The molecular formula is C25H23Cl2N5O2. The number of halogens is 2. The van der Waals surface area contributed by atoms with E-state index in [9.17, 15) is 9.90 Å². The van der Waals surface area contributed by atoms with Crippen LogP contribution in [0.3, 0.4) is 0 Å². The van der Waals surface area contributed by atoms with Gasteiger partial charge < -0.3 is 15.3 Å². The van der Waals surface area contributed by atoms with Crippen molar-refractivity contribution in [2.45, 2.75) is 25.4 Å². The Balaban J connectivity index is 1.40. The van der Waals surface area contributed by atoms with Gasteiger partial charge in [0, 0.05) is 46.4 Å². The van der Waals surface area contributed by atoms with E-state index in [-0.39, 0.29) is 18.6 Å². The number of hydrogen-bond donors (Lipinski definition) is 2. The first-order chi connectivity index (χ1) is 16.5. The lowest BCUT2D eigenvalue weighted by molar-refractivity contribution is 0.0677. The van der Waals surface area contributed by atoms with Crippen molar-refractivity contribution in [3.8, 4) is 11.3 Å². The summed E-state index contributed by atoms with van der Waals surface area (Å²) in [5.74, 6) is 0.712. The van der Waals surface area contributed by atoms with Crippen molar-refractivity contribution in [1.82, 2.24) is 19.5 Å². The number of nitrogens with one attached hydrogen (secondary N) is 1. The number of fused-ring (bicyclic) bond motifs is 1. The Morgan fingerprint density at radius 3 is 2.71 bits per heavy atom. The summed E-state index contributed by atoms with van der Waals surface area (Å²) in [5.41, 5.74) is 3.85. The van der Waals surface area contributed by atoms with Crippen molar-refractivity contribution in [2.75, 3.05) is 18.5 Å². The topological polar surface area (TPSA) is 82.8 Å². The van der Waals surface area contributed by atoms with Crippen LogP contribution in [0.2, 0.25) is 10.0 Å². The third kappa shape index (κ3) is 4.46. The maximum atomic E-state index is 12.9. The van der Waals surface area contributed by atoms with Gasteiger partial charge in [0.1, 0.15) is 5.82 Å². The lowest BCUT2D eigenvalue weighted by atomic mass is 10.1. The number of likely N-dealkylation sites (tertiary alicyclic amines) is 1. The maximum Gasteiger partial charge on any atom is 0.254 e. The Labute approximate surface area is 206 Å². The van der Waals surface area contributed by atoms with E-state index >= 15 is 0 Å². The fraction of sp³-hybridized carbons (Fsp3) is 0.240. The first-order valence-electron chi connectivity index (χ1n) is 11.1. The largest absolute Gasteiger partial charge is 0.394 e. The van der Waals surface area contributed by atoms with Crippen LogP contribution >= 0.6 is 23.2 Å². The zero-order chi connectivity index (χ0) is 23.7. The van der Waals surface area contributed by atoms with Gasteiger partial charge in [-0.2, -0.15) is 9.61 Å². The van der Waals surface area contributed by atoms with E-state index in [1.165, 1.54) is 0 Å². The number of anilines is 1. The van der Waals surface area contributed by atoms with Crippen molar-refractivity contribution in [2.24, 2.45) is 0 Å². The number of hydrogen-bond acceptors (Lipinski definition) is 5. The average Bonchev–Trinajstić information content (AvgIpc) is 3.52. The molecule has 2 aromatic carbocycles. The number of rotatable bonds is 6.